The normalized spacial score (nSPS) is 14.2. The summed E-state index contributed by atoms with van der Waals surface area (Å²) in [5.41, 5.74) is 3.52. The van der Waals surface area contributed by atoms with Crippen molar-refractivity contribution in [3.63, 3.8) is 0 Å². The topological polar surface area (TPSA) is 29.9 Å². The minimum Gasteiger partial charge on any atom is -0.330 e. The molecule has 0 saturated heterocycles. The summed E-state index contributed by atoms with van der Waals surface area (Å²) in [5, 5.41) is 3.63. The van der Waals surface area contributed by atoms with E-state index in [2.05, 4.69) is 73.2 Å². The lowest BCUT2D eigenvalue weighted by Gasteiger charge is -2.20. The zero-order chi connectivity index (χ0) is 14.8. The zero-order valence-corrected chi connectivity index (χ0v) is 12.7. The van der Waals surface area contributed by atoms with Crippen molar-refractivity contribution >= 4 is 11.0 Å². The van der Waals surface area contributed by atoms with Crippen LogP contribution in [0.1, 0.15) is 37.3 Å². The van der Waals surface area contributed by atoms with E-state index < -0.39 is 0 Å². The number of para-hydroxylation sites is 2. The molecule has 0 fully saturated rings. The van der Waals surface area contributed by atoms with E-state index in [1.807, 2.05) is 12.1 Å². The van der Waals surface area contributed by atoms with Gasteiger partial charge >= 0.3 is 0 Å². The molecule has 0 saturated carbocycles. The molecule has 1 heterocycles. The van der Waals surface area contributed by atoms with Crippen molar-refractivity contribution in [2.24, 2.45) is 7.05 Å². The van der Waals surface area contributed by atoms with Gasteiger partial charge in [-0.2, -0.15) is 0 Å². The van der Waals surface area contributed by atoms with Crippen LogP contribution in [0.5, 0.6) is 0 Å². The molecular formula is C18H21N3. The number of hydrogen-bond acceptors (Lipinski definition) is 2. The van der Waals surface area contributed by atoms with Gasteiger partial charge in [-0.25, -0.2) is 4.98 Å². The molecule has 2 atom stereocenters. The van der Waals surface area contributed by atoms with Gasteiger partial charge in [0.1, 0.15) is 5.82 Å². The first-order valence-electron chi connectivity index (χ1n) is 7.39. The van der Waals surface area contributed by atoms with E-state index in [0.717, 1.165) is 11.3 Å². The Morgan fingerprint density at radius 3 is 2.29 bits per heavy atom. The Morgan fingerprint density at radius 2 is 1.57 bits per heavy atom. The number of aryl methyl sites for hydroxylation is 1. The van der Waals surface area contributed by atoms with Gasteiger partial charge < -0.3 is 9.88 Å². The Balaban J connectivity index is 1.84. The van der Waals surface area contributed by atoms with Gasteiger partial charge in [-0.05, 0) is 31.5 Å². The number of nitrogens with zero attached hydrogens (tertiary/aromatic N) is 2. The second-order valence-electron chi connectivity index (χ2n) is 5.54. The Labute approximate surface area is 125 Å². The van der Waals surface area contributed by atoms with Crippen LogP contribution in [-0.2, 0) is 7.05 Å². The largest absolute Gasteiger partial charge is 0.330 e. The van der Waals surface area contributed by atoms with Crippen molar-refractivity contribution in [3.8, 4) is 0 Å². The summed E-state index contributed by atoms with van der Waals surface area (Å²) in [6, 6.07) is 19.2. The van der Waals surface area contributed by atoms with Crippen molar-refractivity contribution in [1.29, 1.82) is 0 Å². The lowest BCUT2D eigenvalue weighted by molar-refractivity contribution is 0.469. The maximum atomic E-state index is 4.76. The van der Waals surface area contributed by atoms with Crippen LogP contribution in [0.4, 0.5) is 0 Å². The van der Waals surface area contributed by atoms with Crippen molar-refractivity contribution in [1.82, 2.24) is 14.9 Å². The molecule has 0 spiro atoms. The molecule has 3 rings (SSSR count). The van der Waals surface area contributed by atoms with Crippen molar-refractivity contribution in [3.05, 3.63) is 66.0 Å². The van der Waals surface area contributed by atoms with Crippen LogP contribution in [0.25, 0.3) is 11.0 Å². The van der Waals surface area contributed by atoms with E-state index >= 15 is 0 Å². The molecule has 1 N–H and O–H groups in total. The third-order valence-corrected chi connectivity index (χ3v) is 4.01. The van der Waals surface area contributed by atoms with E-state index in [1.54, 1.807) is 0 Å². The minimum absolute atomic E-state index is 0.192. The first-order chi connectivity index (χ1) is 10.2. The number of aromatic nitrogens is 2. The summed E-state index contributed by atoms with van der Waals surface area (Å²) in [5.74, 6) is 1.07. The molecule has 21 heavy (non-hydrogen) atoms. The number of fused-ring (bicyclic) bond motifs is 1. The Hall–Kier alpha value is -2.13. The number of benzene rings is 2. The van der Waals surface area contributed by atoms with Crippen LogP contribution in [0.15, 0.2) is 54.6 Å². The van der Waals surface area contributed by atoms with E-state index in [9.17, 15) is 0 Å². The average Bonchev–Trinajstić information content (AvgIpc) is 2.86. The van der Waals surface area contributed by atoms with Gasteiger partial charge in [-0.15, -0.1) is 0 Å². The fourth-order valence-corrected chi connectivity index (χ4v) is 2.84. The fraction of sp³-hybridized carbons (Fsp3) is 0.278. The van der Waals surface area contributed by atoms with Gasteiger partial charge in [0.25, 0.3) is 0 Å². The minimum atomic E-state index is 0.192. The maximum absolute atomic E-state index is 4.76. The molecule has 3 aromatic rings. The quantitative estimate of drug-likeness (QED) is 0.782. The summed E-state index contributed by atoms with van der Waals surface area (Å²) in [6.45, 7) is 4.36. The van der Waals surface area contributed by atoms with Crippen molar-refractivity contribution in [2.75, 3.05) is 0 Å². The molecule has 3 heteroatoms. The Bertz CT molecular complexity index is 731. The molecule has 3 nitrogen and oxygen atoms in total. The van der Waals surface area contributed by atoms with Crippen LogP contribution in [0.2, 0.25) is 0 Å². The third kappa shape index (κ3) is 2.69. The smallest absolute Gasteiger partial charge is 0.126 e. The highest BCUT2D eigenvalue weighted by molar-refractivity contribution is 5.75. The molecule has 0 amide bonds. The Kier molecular flexibility index (Phi) is 3.76. The molecular weight excluding hydrogens is 258 g/mol. The zero-order valence-electron chi connectivity index (χ0n) is 12.7. The highest BCUT2D eigenvalue weighted by Crippen LogP contribution is 2.22. The second-order valence-corrected chi connectivity index (χ2v) is 5.54. The Morgan fingerprint density at radius 1 is 0.905 bits per heavy atom. The first kappa shape index (κ1) is 13.8. The standard InChI is InChI=1S/C18H21N3/c1-13(15-9-5-4-6-10-15)19-14(2)18-20-16-11-7-8-12-17(16)21(18)3/h4-14,19H,1-3H3/t13-,14?/m0/s1. The molecule has 0 aliphatic rings. The number of hydrogen-bond donors (Lipinski definition) is 1. The molecule has 0 bridgehead atoms. The molecule has 108 valence electrons. The van der Waals surface area contributed by atoms with Gasteiger partial charge in [0.2, 0.25) is 0 Å². The van der Waals surface area contributed by atoms with Crippen LogP contribution in [0, 0.1) is 0 Å². The van der Waals surface area contributed by atoms with Gasteiger partial charge in [0.15, 0.2) is 0 Å². The predicted molar refractivity (Wildman–Crippen MR) is 87.1 cm³/mol. The first-order valence-corrected chi connectivity index (χ1v) is 7.39. The van der Waals surface area contributed by atoms with E-state index in [-0.39, 0.29) is 6.04 Å². The molecule has 1 unspecified atom stereocenters. The van der Waals surface area contributed by atoms with Gasteiger partial charge in [-0.3, -0.25) is 0 Å². The molecule has 0 aliphatic heterocycles. The summed E-state index contributed by atoms with van der Waals surface area (Å²) >= 11 is 0. The van der Waals surface area contributed by atoms with Crippen LogP contribution in [-0.4, -0.2) is 9.55 Å². The number of rotatable bonds is 4. The fourth-order valence-electron chi connectivity index (χ4n) is 2.84. The summed E-state index contributed by atoms with van der Waals surface area (Å²) in [4.78, 5) is 4.76. The molecule has 2 aromatic carbocycles. The van der Waals surface area contributed by atoms with Crippen LogP contribution >= 0.6 is 0 Å². The number of imidazole rings is 1. The van der Waals surface area contributed by atoms with Gasteiger partial charge in [0, 0.05) is 13.1 Å². The molecule has 0 radical (unpaired) electrons. The van der Waals surface area contributed by atoms with E-state index in [1.165, 1.54) is 11.1 Å². The lowest BCUT2D eigenvalue weighted by atomic mass is 10.1. The summed E-state index contributed by atoms with van der Waals surface area (Å²) in [6.07, 6.45) is 0. The van der Waals surface area contributed by atoms with Crippen LogP contribution in [0.3, 0.4) is 0 Å². The van der Waals surface area contributed by atoms with Crippen LogP contribution < -0.4 is 5.32 Å². The lowest BCUT2D eigenvalue weighted by Crippen LogP contribution is -2.24. The average molecular weight is 279 g/mol. The highest BCUT2D eigenvalue weighted by Gasteiger charge is 2.16. The highest BCUT2D eigenvalue weighted by atomic mass is 15.1. The van der Waals surface area contributed by atoms with Crippen molar-refractivity contribution in [2.45, 2.75) is 25.9 Å². The van der Waals surface area contributed by atoms with Gasteiger partial charge in [-0.1, -0.05) is 42.5 Å². The van der Waals surface area contributed by atoms with Gasteiger partial charge in [0.05, 0.1) is 17.1 Å². The third-order valence-electron chi connectivity index (χ3n) is 4.01. The molecule has 1 aromatic heterocycles. The maximum Gasteiger partial charge on any atom is 0.126 e. The van der Waals surface area contributed by atoms with Crippen molar-refractivity contribution < 1.29 is 0 Å². The summed E-state index contributed by atoms with van der Waals surface area (Å²) < 4.78 is 2.17. The van der Waals surface area contributed by atoms with E-state index in [0.29, 0.717) is 6.04 Å². The predicted octanol–water partition coefficient (Wildman–Crippen LogP) is 3.99. The summed E-state index contributed by atoms with van der Waals surface area (Å²) in [7, 11) is 2.08. The SMILES string of the molecule is CC(N[C@@H](C)c1ccccc1)c1nc2ccccc2n1C. The van der Waals surface area contributed by atoms with E-state index in [4.69, 9.17) is 4.98 Å². The molecule has 0 aliphatic carbocycles. The second kappa shape index (κ2) is 5.70. The monoisotopic (exact) mass is 279 g/mol. The number of nitrogens with one attached hydrogen (secondary N) is 1.